The number of carbonyl (C=O) groups is 2. The van der Waals surface area contributed by atoms with Crippen LogP contribution in [0.4, 0.5) is 0 Å². The Morgan fingerprint density at radius 2 is 1.85 bits per heavy atom. The third kappa shape index (κ3) is 2.70. The van der Waals surface area contributed by atoms with Crippen molar-refractivity contribution in [3.05, 3.63) is 47.7 Å². The first-order valence-corrected chi connectivity index (χ1v) is 9.42. The first-order chi connectivity index (χ1) is 12.4. The smallest absolute Gasteiger partial charge is 0.286 e. The molecule has 0 radical (unpaired) electrons. The number of rotatable bonds is 6. The second kappa shape index (κ2) is 5.86. The molecular formula is C21H26N2O3. The van der Waals surface area contributed by atoms with Gasteiger partial charge in [0.15, 0.2) is 0 Å². The van der Waals surface area contributed by atoms with Gasteiger partial charge in [-0.2, -0.15) is 0 Å². The Morgan fingerprint density at radius 3 is 2.31 bits per heavy atom. The van der Waals surface area contributed by atoms with E-state index in [-0.39, 0.29) is 17.9 Å². The van der Waals surface area contributed by atoms with Crippen molar-refractivity contribution in [1.29, 1.82) is 0 Å². The zero-order chi connectivity index (χ0) is 18.5. The van der Waals surface area contributed by atoms with E-state index >= 15 is 0 Å². The monoisotopic (exact) mass is 354 g/mol. The number of likely N-dealkylation sites (tertiary alicyclic amines) is 1. The first kappa shape index (κ1) is 17.1. The molecule has 4 rings (SSSR count). The Labute approximate surface area is 154 Å². The minimum Gasteiger partial charge on any atom is -0.464 e. The van der Waals surface area contributed by atoms with E-state index in [1.165, 1.54) is 5.56 Å². The van der Waals surface area contributed by atoms with Gasteiger partial charge in [-0.05, 0) is 45.1 Å². The Morgan fingerprint density at radius 1 is 1.19 bits per heavy atom. The van der Waals surface area contributed by atoms with Gasteiger partial charge in [-0.1, -0.05) is 36.4 Å². The van der Waals surface area contributed by atoms with Crippen molar-refractivity contribution in [2.75, 3.05) is 6.54 Å². The van der Waals surface area contributed by atoms with E-state index in [4.69, 9.17) is 4.74 Å². The number of benzene rings is 1. The highest BCUT2D eigenvalue weighted by atomic mass is 16.5. The molecule has 5 nitrogen and oxygen atoms in total. The lowest BCUT2D eigenvalue weighted by Gasteiger charge is -2.51. The van der Waals surface area contributed by atoms with Crippen molar-refractivity contribution in [3.8, 4) is 0 Å². The lowest BCUT2D eigenvalue weighted by atomic mass is 9.88. The highest BCUT2D eigenvalue weighted by molar-refractivity contribution is 5.98. The third-order valence-corrected chi connectivity index (χ3v) is 5.73. The van der Waals surface area contributed by atoms with Gasteiger partial charge < -0.3 is 10.1 Å². The van der Waals surface area contributed by atoms with Crippen LogP contribution < -0.4 is 5.32 Å². The van der Waals surface area contributed by atoms with E-state index in [0.717, 1.165) is 31.2 Å². The van der Waals surface area contributed by atoms with Gasteiger partial charge in [-0.25, -0.2) is 0 Å². The van der Waals surface area contributed by atoms with Gasteiger partial charge in [0, 0.05) is 19.0 Å². The zero-order valence-electron chi connectivity index (χ0n) is 15.5. The summed E-state index contributed by atoms with van der Waals surface area (Å²) in [5.41, 5.74) is 0.472. The van der Waals surface area contributed by atoms with Gasteiger partial charge in [0.25, 0.3) is 11.6 Å². The number of hydrogen-bond acceptors (Lipinski definition) is 3. The standard InChI is InChI=1S/C21H26N2O3/c1-14(2)26-21(18(24)22-17-8-9-17)12-13-23(21)19(25)20(10-11-20)16-6-4-15(3)5-7-16/h4-7,17H,1,8-13H2,2-3H3,(H,22,24). The summed E-state index contributed by atoms with van der Waals surface area (Å²) in [5.74, 6) is 0.246. The summed E-state index contributed by atoms with van der Waals surface area (Å²) in [6.45, 7) is 8.10. The predicted molar refractivity (Wildman–Crippen MR) is 98.2 cm³/mol. The fraction of sp³-hybridized carbons (Fsp3) is 0.524. The second-order valence-electron chi connectivity index (χ2n) is 7.99. The Bertz CT molecular complexity index is 762. The van der Waals surface area contributed by atoms with Crippen molar-refractivity contribution < 1.29 is 14.3 Å². The molecule has 0 bridgehead atoms. The van der Waals surface area contributed by atoms with Gasteiger partial charge in [0.05, 0.1) is 11.2 Å². The third-order valence-electron chi connectivity index (χ3n) is 5.73. The Balaban J connectivity index is 1.60. The van der Waals surface area contributed by atoms with E-state index in [1.54, 1.807) is 11.8 Å². The van der Waals surface area contributed by atoms with Gasteiger partial charge in [0.1, 0.15) is 0 Å². The summed E-state index contributed by atoms with van der Waals surface area (Å²) in [6.07, 6.45) is 4.14. The molecule has 1 aromatic carbocycles. The highest BCUT2D eigenvalue weighted by Gasteiger charge is 2.63. The van der Waals surface area contributed by atoms with E-state index in [9.17, 15) is 9.59 Å². The number of hydrogen-bond donors (Lipinski definition) is 1. The molecule has 1 unspecified atom stereocenters. The normalized spacial score (nSPS) is 25.8. The summed E-state index contributed by atoms with van der Waals surface area (Å²) in [6, 6.07) is 8.36. The molecule has 2 aliphatic carbocycles. The van der Waals surface area contributed by atoms with Crippen molar-refractivity contribution in [1.82, 2.24) is 10.2 Å². The molecule has 138 valence electrons. The van der Waals surface area contributed by atoms with Crippen LogP contribution in [0.1, 0.15) is 50.2 Å². The molecule has 1 N–H and O–H groups in total. The number of nitrogens with zero attached hydrogens (tertiary/aromatic N) is 1. The maximum atomic E-state index is 13.4. The predicted octanol–water partition coefficient (Wildman–Crippen LogP) is 2.78. The SMILES string of the molecule is C=C(C)OC1(C(=O)NC2CC2)CCN1C(=O)C1(c2ccc(C)cc2)CC1. The highest BCUT2D eigenvalue weighted by Crippen LogP contribution is 2.52. The molecule has 26 heavy (non-hydrogen) atoms. The van der Waals surface area contributed by atoms with Gasteiger partial charge in [-0.15, -0.1) is 0 Å². The molecule has 1 saturated heterocycles. The van der Waals surface area contributed by atoms with Crippen LogP contribution in [0, 0.1) is 6.92 Å². The molecule has 1 heterocycles. The van der Waals surface area contributed by atoms with Crippen LogP contribution >= 0.6 is 0 Å². The number of nitrogens with one attached hydrogen (secondary N) is 1. The van der Waals surface area contributed by atoms with Gasteiger partial charge in [-0.3, -0.25) is 14.5 Å². The lowest BCUT2D eigenvalue weighted by Crippen LogP contribution is -2.71. The average Bonchev–Trinajstić information content (AvgIpc) is 3.46. The fourth-order valence-corrected chi connectivity index (χ4v) is 3.78. The number of carbonyl (C=O) groups excluding carboxylic acids is 2. The molecule has 2 saturated carbocycles. The zero-order valence-corrected chi connectivity index (χ0v) is 15.5. The average molecular weight is 354 g/mol. The maximum absolute atomic E-state index is 13.4. The van der Waals surface area contributed by atoms with Crippen LogP contribution in [0.15, 0.2) is 36.6 Å². The molecule has 1 atom stereocenters. The fourth-order valence-electron chi connectivity index (χ4n) is 3.78. The molecule has 5 heteroatoms. The quantitative estimate of drug-likeness (QED) is 0.799. The molecule has 1 aromatic rings. The van der Waals surface area contributed by atoms with Crippen LogP contribution in [0.3, 0.4) is 0 Å². The van der Waals surface area contributed by atoms with Crippen LogP contribution in [-0.4, -0.2) is 35.0 Å². The van der Waals surface area contributed by atoms with Crippen LogP contribution in [0.2, 0.25) is 0 Å². The molecule has 1 aliphatic heterocycles. The lowest BCUT2D eigenvalue weighted by molar-refractivity contribution is -0.207. The summed E-state index contributed by atoms with van der Waals surface area (Å²) in [7, 11) is 0. The molecule has 3 aliphatic rings. The molecule has 0 spiro atoms. The van der Waals surface area contributed by atoms with Gasteiger partial charge >= 0.3 is 0 Å². The summed E-state index contributed by atoms with van der Waals surface area (Å²) in [5, 5.41) is 3.01. The second-order valence-corrected chi connectivity index (χ2v) is 7.99. The summed E-state index contributed by atoms with van der Waals surface area (Å²) >= 11 is 0. The minimum atomic E-state index is -1.23. The van der Waals surface area contributed by atoms with Gasteiger partial charge in [0.2, 0.25) is 5.91 Å². The maximum Gasteiger partial charge on any atom is 0.286 e. The minimum absolute atomic E-state index is 0.000185. The van der Waals surface area contributed by atoms with E-state index in [2.05, 4.69) is 11.9 Å². The van der Waals surface area contributed by atoms with Crippen LogP contribution in [0.5, 0.6) is 0 Å². The first-order valence-electron chi connectivity index (χ1n) is 9.42. The summed E-state index contributed by atoms with van der Waals surface area (Å²) < 4.78 is 5.87. The summed E-state index contributed by atoms with van der Waals surface area (Å²) in [4.78, 5) is 28.0. The van der Waals surface area contributed by atoms with Crippen molar-refractivity contribution in [2.45, 2.75) is 63.1 Å². The van der Waals surface area contributed by atoms with Crippen LogP contribution in [0.25, 0.3) is 0 Å². The topological polar surface area (TPSA) is 58.6 Å². The number of aryl methyl sites for hydroxylation is 1. The van der Waals surface area contributed by atoms with Crippen molar-refractivity contribution in [2.24, 2.45) is 0 Å². The molecule has 3 fully saturated rings. The number of allylic oxidation sites excluding steroid dienone is 1. The van der Waals surface area contributed by atoms with Crippen molar-refractivity contribution >= 4 is 11.8 Å². The van der Waals surface area contributed by atoms with E-state index in [1.807, 2.05) is 31.2 Å². The molecule has 2 amide bonds. The van der Waals surface area contributed by atoms with Crippen molar-refractivity contribution in [3.63, 3.8) is 0 Å². The van der Waals surface area contributed by atoms with E-state index in [0.29, 0.717) is 18.7 Å². The Kier molecular flexibility index (Phi) is 3.86. The number of ether oxygens (including phenoxy) is 1. The molecular weight excluding hydrogens is 328 g/mol. The Hall–Kier alpha value is -2.30. The molecule has 0 aromatic heterocycles. The largest absolute Gasteiger partial charge is 0.464 e. The van der Waals surface area contributed by atoms with E-state index < -0.39 is 11.1 Å². The number of amides is 2. The van der Waals surface area contributed by atoms with Crippen LogP contribution in [-0.2, 0) is 19.7 Å².